The molecule has 0 aromatic heterocycles. The molecule has 0 spiro atoms. The number of ether oxygens (including phenoxy) is 1. The fraction of sp³-hybridized carbons (Fsp3) is 1.00. The topological polar surface area (TPSA) is 69.6 Å². The zero-order valence-electron chi connectivity index (χ0n) is 4.41. The molecule has 0 aliphatic heterocycles. The van der Waals surface area contributed by atoms with Gasteiger partial charge >= 0.3 is 0 Å². The predicted octanol–water partition coefficient (Wildman–Crippen LogP) is -1.26. The van der Waals surface area contributed by atoms with Crippen molar-refractivity contribution in [3.63, 3.8) is 0 Å². The van der Waals surface area contributed by atoms with E-state index >= 15 is 0 Å². The lowest BCUT2D eigenvalue weighted by Crippen LogP contribution is -2.17. The molecular weight excluding hydrogens is 112 g/mol. The van der Waals surface area contributed by atoms with Crippen molar-refractivity contribution in [2.75, 3.05) is 19.8 Å². The van der Waals surface area contributed by atoms with Crippen LogP contribution in [0.1, 0.15) is 0 Å². The fourth-order valence-electron chi connectivity index (χ4n) is 0.237. The average Bonchev–Trinajstić information content (AvgIpc) is 1.83. The van der Waals surface area contributed by atoms with E-state index in [2.05, 4.69) is 4.74 Å². The molecule has 0 amide bonds. The highest BCUT2D eigenvalue weighted by atomic mass is 16.6. The first-order chi connectivity index (χ1) is 3.81. The molecule has 2 N–H and O–H groups in total. The van der Waals surface area contributed by atoms with Crippen LogP contribution in [0, 0.1) is 0 Å². The van der Waals surface area contributed by atoms with Crippen LogP contribution in [0.2, 0.25) is 0 Å². The molecule has 0 saturated carbocycles. The Bertz CT molecular complexity index is 47.3. The molecule has 49 valence electrons. The Morgan fingerprint density at radius 1 is 1.62 bits per heavy atom. The third-order valence-corrected chi connectivity index (χ3v) is 0.544. The van der Waals surface area contributed by atoms with E-state index in [1.54, 1.807) is 0 Å². The van der Waals surface area contributed by atoms with Gasteiger partial charge in [-0.15, -0.1) is 0 Å². The van der Waals surface area contributed by atoms with Crippen molar-refractivity contribution < 1.29 is 20.1 Å². The van der Waals surface area contributed by atoms with Crippen molar-refractivity contribution in [2.24, 2.45) is 0 Å². The summed E-state index contributed by atoms with van der Waals surface area (Å²) >= 11 is 0. The minimum Gasteiger partial charge on any atom is -0.394 e. The van der Waals surface area contributed by atoms with E-state index in [-0.39, 0.29) is 13.2 Å². The second-order valence-corrected chi connectivity index (χ2v) is 1.22. The summed E-state index contributed by atoms with van der Waals surface area (Å²) in [6, 6.07) is 0. The predicted molar refractivity (Wildman–Crippen MR) is 24.6 cm³/mol. The van der Waals surface area contributed by atoms with E-state index in [4.69, 9.17) is 10.2 Å². The first-order valence-electron chi connectivity index (χ1n) is 2.30. The third-order valence-electron chi connectivity index (χ3n) is 0.544. The normalized spacial score (nSPS) is 13.9. The lowest BCUT2D eigenvalue weighted by Gasteiger charge is -2.04. The molecule has 0 fully saturated rings. The van der Waals surface area contributed by atoms with E-state index in [9.17, 15) is 5.11 Å². The first-order valence-corrected chi connectivity index (χ1v) is 2.30. The van der Waals surface area contributed by atoms with Gasteiger partial charge < -0.3 is 14.9 Å². The van der Waals surface area contributed by atoms with Crippen molar-refractivity contribution in [2.45, 2.75) is 6.29 Å². The zero-order valence-corrected chi connectivity index (χ0v) is 4.41. The van der Waals surface area contributed by atoms with Crippen molar-refractivity contribution in [1.29, 1.82) is 0 Å². The van der Waals surface area contributed by atoms with E-state index < -0.39 is 12.9 Å². The van der Waals surface area contributed by atoms with Crippen molar-refractivity contribution in [1.82, 2.24) is 0 Å². The Morgan fingerprint density at radius 2 is 2.25 bits per heavy atom. The quantitative estimate of drug-likeness (QED) is 0.456. The molecule has 0 rings (SSSR count). The summed E-state index contributed by atoms with van der Waals surface area (Å²) in [6.45, 7) is -0.833. The Balaban J connectivity index is 2.86. The van der Waals surface area contributed by atoms with E-state index in [0.717, 1.165) is 0 Å². The van der Waals surface area contributed by atoms with Gasteiger partial charge in [-0.05, 0) is 0 Å². The molecule has 8 heavy (non-hydrogen) atoms. The van der Waals surface area contributed by atoms with Gasteiger partial charge in [-0.1, -0.05) is 0 Å². The summed E-state index contributed by atoms with van der Waals surface area (Å²) in [4.78, 5) is 0. The number of hydrogen-bond donors (Lipinski definition) is 2. The molecule has 4 nitrogen and oxygen atoms in total. The number of aliphatic hydroxyl groups is 2. The number of aliphatic hydroxyl groups excluding tert-OH is 2. The van der Waals surface area contributed by atoms with Crippen LogP contribution in [0.25, 0.3) is 0 Å². The van der Waals surface area contributed by atoms with E-state index in [0.29, 0.717) is 0 Å². The maximum absolute atomic E-state index is 9.68. The van der Waals surface area contributed by atoms with Crippen LogP contribution in [0.3, 0.4) is 0 Å². The van der Waals surface area contributed by atoms with E-state index in [1.165, 1.54) is 0 Å². The van der Waals surface area contributed by atoms with Crippen molar-refractivity contribution in [3.8, 4) is 0 Å². The highest BCUT2D eigenvalue weighted by Gasteiger charge is 1.98. The smallest absolute Gasteiger partial charge is 0.181 e. The summed E-state index contributed by atoms with van der Waals surface area (Å²) in [7, 11) is 0. The Kier molecular flexibility index (Phi) is 4.89. The molecule has 0 aliphatic rings. The second kappa shape index (κ2) is 4.99. The minimum atomic E-state index is -1.26. The molecule has 1 unspecified atom stereocenters. The van der Waals surface area contributed by atoms with Gasteiger partial charge in [0.1, 0.15) is 6.61 Å². The van der Waals surface area contributed by atoms with Gasteiger partial charge in [0.25, 0.3) is 0 Å². The summed E-state index contributed by atoms with van der Waals surface area (Å²) in [5.74, 6) is 0. The third kappa shape index (κ3) is 4.01. The van der Waals surface area contributed by atoms with Crippen LogP contribution in [-0.2, 0) is 9.84 Å². The van der Waals surface area contributed by atoms with Crippen LogP contribution >= 0.6 is 0 Å². The van der Waals surface area contributed by atoms with Crippen LogP contribution < -0.4 is 0 Å². The van der Waals surface area contributed by atoms with Gasteiger partial charge in [-0.2, -0.15) is 0 Å². The highest BCUT2D eigenvalue weighted by Crippen LogP contribution is 1.81. The van der Waals surface area contributed by atoms with Gasteiger partial charge in [-0.3, -0.25) is 0 Å². The summed E-state index contributed by atoms with van der Waals surface area (Å²) in [6.07, 6.45) is -1.26. The standard InChI is InChI=1S/C4H9O4/c5-1-2-8-4(7)3-6/h4-5,7H,1-3H2. The van der Waals surface area contributed by atoms with Crippen molar-refractivity contribution >= 4 is 0 Å². The molecule has 1 radical (unpaired) electrons. The molecule has 0 saturated heterocycles. The maximum Gasteiger partial charge on any atom is 0.181 e. The van der Waals surface area contributed by atoms with Gasteiger partial charge in [0, 0.05) is 0 Å². The van der Waals surface area contributed by atoms with Crippen LogP contribution in [0.4, 0.5) is 0 Å². The van der Waals surface area contributed by atoms with Crippen LogP contribution in [0.5, 0.6) is 0 Å². The molecule has 0 bridgehead atoms. The largest absolute Gasteiger partial charge is 0.394 e. The first kappa shape index (κ1) is 7.84. The van der Waals surface area contributed by atoms with E-state index in [1.807, 2.05) is 0 Å². The van der Waals surface area contributed by atoms with Crippen LogP contribution in [0.15, 0.2) is 0 Å². The Hall–Kier alpha value is -0.160. The number of hydrogen-bond acceptors (Lipinski definition) is 3. The Labute approximate surface area is 47.3 Å². The molecule has 0 heterocycles. The molecule has 0 aliphatic carbocycles. The molecule has 1 atom stereocenters. The molecule has 0 aromatic rings. The van der Waals surface area contributed by atoms with Gasteiger partial charge in [0.15, 0.2) is 6.29 Å². The molecule has 0 aromatic carbocycles. The highest BCUT2D eigenvalue weighted by molar-refractivity contribution is 4.32. The molecule has 4 heteroatoms. The minimum absolute atomic E-state index is 0.0173. The second-order valence-electron chi connectivity index (χ2n) is 1.22. The van der Waals surface area contributed by atoms with Gasteiger partial charge in [0.2, 0.25) is 0 Å². The summed E-state index contributed by atoms with van der Waals surface area (Å²) < 4.78 is 4.33. The SMILES string of the molecule is [O]CC(O)OCCO. The zero-order chi connectivity index (χ0) is 6.41. The van der Waals surface area contributed by atoms with Gasteiger partial charge in [0.05, 0.1) is 13.2 Å². The number of rotatable bonds is 4. The van der Waals surface area contributed by atoms with Crippen molar-refractivity contribution in [3.05, 3.63) is 0 Å². The summed E-state index contributed by atoms with van der Waals surface area (Å²) in [5, 5.41) is 26.1. The average molecular weight is 121 g/mol. The lowest BCUT2D eigenvalue weighted by molar-refractivity contribution is -0.141. The monoisotopic (exact) mass is 121 g/mol. The lowest BCUT2D eigenvalue weighted by atomic mass is 10.7. The molecular formula is C4H9O4. The fourth-order valence-corrected chi connectivity index (χ4v) is 0.237. The van der Waals surface area contributed by atoms with Gasteiger partial charge in [-0.25, -0.2) is 5.11 Å². The Morgan fingerprint density at radius 3 is 2.62 bits per heavy atom. The summed E-state index contributed by atoms with van der Waals surface area (Å²) in [5.41, 5.74) is 0. The maximum atomic E-state index is 9.68. The van der Waals surface area contributed by atoms with Crippen LogP contribution in [-0.4, -0.2) is 36.3 Å².